The van der Waals surface area contributed by atoms with Crippen LogP contribution >= 0.6 is 0 Å². The number of nitriles is 1. The molecule has 4 heteroatoms. The van der Waals surface area contributed by atoms with Gasteiger partial charge in [-0.1, -0.05) is 0 Å². The fourth-order valence-electron chi connectivity index (χ4n) is 1.12. The Morgan fingerprint density at radius 1 is 1.14 bits per heavy atom. The average Bonchev–Trinajstić information content (AvgIpc) is 2.02. The number of hydrogen-bond donors (Lipinski definition) is 0. The van der Waals surface area contributed by atoms with Gasteiger partial charge >= 0.3 is 7.12 Å². The molecule has 0 aliphatic heterocycles. The predicted molar refractivity (Wildman–Crippen MR) is 57.9 cm³/mol. The summed E-state index contributed by atoms with van der Waals surface area (Å²) in [6.07, 6.45) is 2.53. The first kappa shape index (κ1) is 13.5. The summed E-state index contributed by atoms with van der Waals surface area (Å²) in [5, 5.41) is 8.41. The SMILES string of the molecule is CC(C)OB(CCCC#N)OC(C)C. The summed E-state index contributed by atoms with van der Waals surface area (Å²) < 4.78 is 11.2. The maximum absolute atomic E-state index is 8.41. The summed E-state index contributed by atoms with van der Waals surface area (Å²) in [4.78, 5) is 0. The molecule has 0 aromatic heterocycles. The van der Waals surface area contributed by atoms with Crippen LogP contribution in [0.5, 0.6) is 0 Å². The van der Waals surface area contributed by atoms with E-state index in [2.05, 4.69) is 6.07 Å². The molecule has 0 amide bonds. The zero-order chi connectivity index (χ0) is 11.0. The second-order valence-corrected chi connectivity index (χ2v) is 3.85. The molecule has 14 heavy (non-hydrogen) atoms. The summed E-state index contributed by atoms with van der Waals surface area (Å²) in [5.41, 5.74) is 0. The Morgan fingerprint density at radius 3 is 2.00 bits per heavy atom. The Balaban J connectivity index is 3.79. The summed E-state index contributed by atoms with van der Waals surface area (Å²) in [6, 6.07) is 2.12. The Labute approximate surface area is 87.5 Å². The molecule has 0 atom stereocenters. The van der Waals surface area contributed by atoms with Crippen molar-refractivity contribution < 1.29 is 9.31 Å². The zero-order valence-electron chi connectivity index (χ0n) is 9.62. The second-order valence-electron chi connectivity index (χ2n) is 3.85. The van der Waals surface area contributed by atoms with Gasteiger partial charge in [-0.3, -0.25) is 0 Å². The van der Waals surface area contributed by atoms with E-state index in [1.165, 1.54) is 0 Å². The first-order valence-corrected chi connectivity index (χ1v) is 5.24. The lowest BCUT2D eigenvalue weighted by Crippen LogP contribution is -2.29. The fourth-order valence-corrected chi connectivity index (χ4v) is 1.12. The van der Waals surface area contributed by atoms with Gasteiger partial charge in [-0.25, -0.2) is 0 Å². The molecule has 0 radical (unpaired) electrons. The van der Waals surface area contributed by atoms with Crippen molar-refractivity contribution >= 4 is 7.12 Å². The number of hydrogen-bond acceptors (Lipinski definition) is 3. The molecule has 0 aliphatic rings. The Kier molecular flexibility index (Phi) is 7.55. The molecule has 80 valence electrons. The smallest absolute Gasteiger partial charge is 0.409 e. The number of nitrogens with zero attached hydrogens (tertiary/aromatic N) is 1. The maximum Gasteiger partial charge on any atom is 0.457 e. The summed E-state index contributed by atoms with van der Waals surface area (Å²) >= 11 is 0. The lowest BCUT2D eigenvalue weighted by atomic mass is 9.81. The molecule has 0 aromatic rings. The third kappa shape index (κ3) is 8.09. The van der Waals surface area contributed by atoms with Crippen LogP contribution in [0.1, 0.15) is 40.5 Å². The molecule has 3 nitrogen and oxygen atoms in total. The molecule has 0 aromatic carbocycles. The van der Waals surface area contributed by atoms with Crippen molar-refractivity contribution in [1.82, 2.24) is 0 Å². The summed E-state index contributed by atoms with van der Waals surface area (Å²) in [5.74, 6) is 0. The van der Waals surface area contributed by atoms with Gasteiger partial charge in [0.15, 0.2) is 0 Å². The second kappa shape index (κ2) is 7.84. The minimum atomic E-state index is -0.164. The van der Waals surface area contributed by atoms with Crippen LogP contribution in [0.4, 0.5) is 0 Å². The summed E-state index contributed by atoms with van der Waals surface area (Å²) in [7, 11) is -0.164. The van der Waals surface area contributed by atoms with Crippen LogP contribution < -0.4 is 0 Å². The van der Waals surface area contributed by atoms with E-state index in [9.17, 15) is 0 Å². The molecule has 0 bridgehead atoms. The highest BCUT2D eigenvalue weighted by Crippen LogP contribution is 2.08. The Hall–Kier alpha value is -0.525. The molecular formula is C10H20BNO2. The molecular weight excluding hydrogens is 177 g/mol. The molecule has 0 N–H and O–H groups in total. The van der Waals surface area contributed by atoms with Crippen LogP contribution in [0.2, 0.25) is 6.32 Å². The number of unbranched alkanes of at least 4 members (excludes halogenated alkanes) is 1. The molecule has 0 aliphatic carbocycles. The third-order valence-electron chi connectivity index (χ3n) is 1.58. The first-order chi connectivity index (χ1) is 6.56. The van der Waals surface area contributed by atoms with E-state index in [-0.39, 0.29) is 19.3 Å². The van der Waals surface area contributed by atoms with Crippen molar-refractivity contribution in [2.75, 3.05) is 0 Å². The van der Waals surface area contributed by atoms with E-state index < -0.39 is 0 Å². The van der Waals surface area contributed by atoms with Crippen molar-refractivity contribution in [1.29, 1.82) is 5.26 Å². The highest BCUT2D eigenvalue weighted by atomic mass is 16.6. The molecule has 0 unspecified atom stereocenters. The van der Waals surface area contributed by atoms with Crippen LogP contribution in [0.3, 0.4) is 0 Å². The monoisotopic (exact) mass is 197 g/mol. The van der Waals surface area contributed by atoms with Gasteiger partial charge < -0.3 is 9.31 Å². The van der Waals surface area contributed by atoms with Crippen LogP contribution in [-0.4, -0.2) is 19.3 Å². The molecule has 0 fully saturated rings. The third-order valence-corrected chi connectivity index (χ3v) is 1.58. The van der Waals surface area contributed by atoms with Crippen LogP contribution in [0, 0.1) is 11.3 Å². The number of rotatable bonds is 7. The van der Waals surface area contributed by atoms with Gasteiger partial charge in [0.2, 0.25) is 0 Å². The van der Waals surface area contributed by atoms with Crippen molar-refractivity contribution in [3.63, 3.8) is 0 Å². The fraction of sp³-hybridized carbons (Fsp3) is 0.900. The topological polar surface area (TPSA) is 42.2 Å². The van der Waals surface area contributed by atoms with Crippen molar-refractivity contribution in [2.24, 2.45) is 0 Å². The van der Waals surface area contributed by atoms with E-state index in [1.807, 2.05) is 27.7 Å². The molecule has 0 saturated carbocycles. The van der Waals surface area contributed by atoms with Gasteiger partial charge in [0.25, 0.3) is 0 Å². The van der Waals surface area contributed by atoms with Gasteiger partial charge in [-0.05, 0) is 40.4 Å². The Morgan fingerprint density at radius 2 is 1.64 bits per heavy atom. The summed E-state index contributed by atoms with van der Waals surface area (Å²) in [6.45, 7) is 7.95. The van der Waals surface area contributed by atoms with Crippen LogP contribution in [-0.2, 0) is 9.31 Å². The van der Waals surface area contributed by atoms with E-state index in [0.29, 0.717) is 6.42 Å². The molecule has 0 saturated heterocycles. The van der Waals surface area contributed by atoms with Gasteiger partial charge in [-0.15, -0.1) is 0 Å². The minimum Gasteiger partial charge on any atom is -0.409 e. The van der Waals surface area contributed by atoms with Crippen molar-refractivity contribution in [3.8, 4) is 6.07 Å². The quantitative estimate of drug-likeness (QED) is 0.465. The standard InChI is InChI=1S/C10H20BNO2/c1-9(2)13-11(14-10(3)4)7-5-6-8-12/h9-10H,5-7H2,1-4H3. The normalized spacial score (nSPS) is 10.6. The van der Waals surface area contributed by atoms with Crippen LogP contribution in [0.25, 0.3) is 0 Å². The lowest BCUT2D eigenvalue weighted by Gasteiger charge is -2.19. The van der Waals surface area contributed by atoms with E-state index in [0.717, 1.165) is 12.7 Å². The molecule has 0 spiro atoms. The van der Waals surface area contributed by atoms with Gasteiger partial charge in [0.05, 0.1) is 6.07 Å². The average molecular weight is 197 g/mol. The van der Waals surface area contributed by atoms with E-state index in [1.54, 1.807) is 0 Å². The first-order valence-electron chi connectivity index (χ1n) is 5.24. The van der Waals surface area contributed by atoms with Gasteiger partial charge in [0, 0.05) is 18.6 Å². The van der Waals surface area contributed by atoms with E-state index in [4.69, 9.17) is 14.6 Å². The maximum atomic E-state index is 8.41. The van der Waals surface area contributed by atoms with Gasteiger partial charge in [-0.2, -0.15) is 5.26 Å². The minimum absolute atomic E-state index is 0.164. The predicted octanol–water partition coefficient (Wildman–Crippen LogP) is 2.63. The highest BCUT2D eigenvalue weighted by molar-refractivity contribution is 6.44. The van der Waals surface area contributed by atoms with Gasteiger partial charge in [0.1, 0.15) is 0 Å². The molecule has 0 rings (SSSR count). The Bertz CT molecular complexity index is 167. The zero-order valence-corrected chi connectivity index (χ0v) is 9.62. The molecule has 0 heterocycles. The lowest BCUT2D eigenvalue weighted by molar-refractivity contribution is 0.129. The van der Waals surface area contributed by atoms with Crippen molar-refractivity contribution in [3.05, 3.63) is 0 Å². The van der Waals surface area contributed by atoms with Crippen LogP contribution in [0.15, 0.2) is 0 Å². The highest BCUT2D eigenvalue weighted by Gasteiger charge is 2.20. The largest absolute Gasteiger partial charge is 0.457 e. The van der Waals surface area contributed by atoms with E-state index >= 15 is 0 Å². The van der Waals surface area contributed by atoms with Crippen molar-refractivity contribution in [2.45, 2.75) is 59.1 Å².